The van der Waals surface area contributed by atoms with Crippen LogP contribution in [0.1, 0.15) is 37.7 Å². The summed E-state index contributed by atoms with van der Waals surface area (Å²) >= 11 is 2.61. The fraction of sp³-hybridized carbons (Fsp3) is 0.500. The molecule has 2 saturated heterocycles. The highest BCUT2D eigenvalue weighted by Crippen LogP contribution is 2.38. The van der Waals surface area contributed by atoms with Crippen LogP contribution in [0.5, 0.6) is 5.75 Å². The third-order valence-electron chi connectivity index (χ3n) is 6.62. The lowest BCUT2D eigenvalue weighted by atomic mass is 10.0. The topological polar surface area (TPSA) is 89.0 Å². The summed E-state index contributed by atoms with van der Waals surface area (Å²) in [7, 11) is -2.16. The van der Waals surface area contributed by atoms with Gasteiger partial charge in [-0.15, -0.1) is 11.3 Å². The molecule has 188 valence electrons. The molecule has 5 rings (SSSR count). The molecule has 35 heavy (non-hydrogen) atoms. The molecule has 2 aliphatic heterocycles. The van der Waals surface area contributed by atoms with Gasteiger partial charge in [0.1, 0.15) is 21.5 Å². The second-order valence-corrected chi connectivity index (χ2v) is 12.9. The molecule has 8 nitrogen and oxygen atoms in total. The first-order chi connectivity index (χ1) is 16.9. The van der Waals surface area contributed by atoms with Gasteiger partial charge in [0.15, 0.2) is 5.13 Å². The van der Waals surface area contributed by atoms with Crippen molar-refractivity contribution in [3.63, 3.8) is 0 Å². The molecule has 0 bridgehead atoms. The predicted octanol–water partition coefficient (Wildman–Crippen LogP) is 4.43. The predicted molar refractivity (Wildman–Crippen MR) is 138 cm³/mol. The Morgan fingerprint density at radius 3 is 2.83 bits per heavy atom. The zero-order valence-electron chi connectivity index (χ0n) is 19.8. The van der Waals surface area contributed by atoms with Gasteiger partial charge in [-0.25, -0.2) is 13.4 Å². The van der Waals surface area contributed by atoms with Crippen molar-refractivity contribution in [2.75, 3.05) is 31.7 Å². The van der Waals surface area contributed by atoms with Crippen LogP contribution >= 0.6 is 22.7 Å². The van der Waals surface area contributed by atoms with Gasteiger partial charge in [-0.2, -0.15) is 4.31 Å². The largest absolute Gasteiger partial charge is 0.494 e. The molecule has 2 unspecified atom stereocenters. The van der Waals surface area contributed by atoms with Gasteiger partial charge >= 0.3 is 0 Å². The van der Waals surface area contributed by atoms with Gasteiger partial charge in [0.2, 0.25) is 5.91 Å². The average Bonchev–Trinajstić information content (AvgIpc) is 3.64. The monoisotopic (exact) mass is 535 g/mol. The number of carbonyl (C=O) groups is 1. The summed E-state index contributed by atoms with van der Waals surface area (Å²) in [5, 5.41) is 2.29. The van der Waals surface area contributed by atoms with Gasteiger partial charge in [-0.1, -0.05) is 29.9 Å². The number of amides is 1. The number of aryl methyl sites for hydroxylation is 1. The Hall–Kier alpha value is -2.05. The van der Waals surface area contributed by atoms with E-state index in [1.165, 1.54) is 27.0 Å². The van der Waals surface area contributed by atoms with Crippen LogP contribution in [-0.4, -0.2) is 62.6 Å². The first kappa shape index (κ1) is 24.6. The van der Waals surface area contributed by atoms with Crippen molar-refractivity contribution in [1.82, 2.24) is 9.29 Å². The molecule has 1 amide bonds. The Morgan fingerprint density at radius 1 is 1.26 bits per heavy atom. The Morgan fingerprint density at radius 2 is 2.11 bits per heavy atom. The summed E-state index contributed by atoms with van der Waals surface area (Å²) < 4.78 is 40.9. The molecule has 2 atom stereocenters. The van der Waals surface area contributed by atoms with Crippen LogP contribution in [0, 0.1) is 6.92 Å². The van der Waals surface area contributed by atoms with Crippen LogP contribution in [0.4, 0.5) is 5.13 Å². The number of thiophene rings is 1. The Kier molecular flexibility index (Phi) is 7.13. The molecule has 2 aliphatic rings. The molecule has 2 aromatic heterocycles. The van der Waals surface area contributed by atoms with Crippen LogP contribution < -0.4 is 9.64 Å². The molecule has 0 saturated carbocycles. The fourth-order valence-electron chi connectivity index (χ4n) is 4.78. The SMILES string of the molecule is COc1ccc(C)c2sc(N(CC3CCCO3)C(=O)C3CCCCN3S(=O)(=O)c3cccs3)nc12. The number of hydrogen-bond donors (Lipinski definition) is 0. The van der Waals surface area contributed by atoms with E-state index in [2.05, 4.69) is 0 Å². The number of hydrogen-bond acceptors (Lipinski definition) is 8. The molecule has 0 N–H and O–H groups in total. The van der Waals surface area contributed by atoms with Crippen molar-refractivity contribution in [1.29, 1.82) is 0 Å². The van der Waals surface area contributed by atoms with Crippen LogP contribution in [-0.2, 0) is 19.6 Å². The first-order valence-corrected chi connectivity index (χ1v) is 15.0. The number of sulfonamides is 1. The van der Waals surface area contributed by atoms with Crippen LogP contribution in [0.25, 0.3) is 10.2 Å². The summed E-state index contributed by atoms with van der Waals surface area (Å²) in [6.45, 7) is 3.36. The Labute approximate surface area is 213 Å². The van der Waals surface area contributed by atoms with E-state index in [1.54, 1.807) is 29.5 Å². The lowest BCUT2D eigenvalue weighted by Crippen LogP contribution is -2.54. The van der Waals surface area contributed by atoms with E-state index in [0.29, 0.717) is 42.5 Å². The minimum absolute atomic E-state index is 0.0973. The highest BCUT2D eigenvalue weighted by atomic mass is 32.2. The van der Waals surface area contributed by atoms with E-state index >= 15 is 0 Å². The van der Waals surface area contributed by atoms with E-state index in [4.69, 9.17) is 14.5 Å². The minimum Gasteiger partial charge on any atom is -0.494 e. The molecule has 1 aromatic carbocycles. The molecule has 3 aromatic rings. The van der Waals surface area contributed by atoms with Crippen molar-refractivity contribution in [3.05, 3.63) is 35.2 Å². The maximum Gasteiger partial charge on any atom is 0.253 e. The molecular formula is C24H29N3O5S3. The molecular weight excluding hydrogens is 506 g/mol. The van der Waals surface area contributed by atoms with Gasteiger partial charge in [-0.3, -0.25) is 9.69 Å². The van der Waals surface area contributed by atoms with Gasteiger partial charge in [0, 0.05) is 13.2 Å². The maximum atomic E-state index is 14.1. The standard InChI is InChI=1S/C24H29N3O5S3/c1-16-10-11-19(31-2)21-22(16)34-24(25-21)26(15-17-7-5-13-32-17)23(28)18-8-3-4-12-27(18)35(29,30)20-9-6-14-33-20/h6,9-11,14,17-18H,3-5,7-8,12-13,15H2,1-2H3. The number of carbonyl (C=O) groups excluding carboxylic acids is 1. The first-order valence-electron chi connectivity index (χ1n) is 11.8. The number of methoxy groups -OCH3 is 1. The van der Waals surface area contributed by atoms with Gasteiger partial charge in [0.05, 0.1) is 24.5 Å². The fourth-order valence-corrected chi connectivity index (χ4v) is 8.61. The van der Waals surface area contributed by atoms with E-state index in [-0.39, 0.29) is 16.2 Å². The number of benzene rings is 1. The van der Waals surface area contributed by atoms with Crippen molar-refractivity contribution >= 4 is 54.0 Å². The highest BCUT2D eigenvalue weighted by molar-refractivity contribution is 7.91. The van der Waals surface area contributed by atoms with E-state index in [9.17, 15) is 13.2 Å². The number of fused-ring (bicyclic) bond motifs is 1. The number of aromatic nitrogens is 1. The minimum atomic E-state index is -3.76. The Bertz CT molecular complexity index is 1300. The third kappa shape index (κ3) is 4.72. The second kappa shape index (κ2) is 10.1. The number of ether oxygens (including phenoxy) is 2. The summed E-state index contributed by atoms with van der Waals surface area (Å²) in [5.74, 6) is 0.410. The van der Waals surface area contributed by atoms with E-state index in [1.807, 2.05) is 19.1 Å². The van der Waals surface area contributed by atoms with Gasteiger partial charge in [0.25, 0.3) is 10.0 Å². The van der Waals surface area contributed by atoms with Gasteiger partial charge < -0.3 is 9.47 Å². The molecule has 0 radical (unpaired) electrons. The highest BCUT2D eigenvalue weighted by Gasteiger charge is 2.41. The molecule has 2 fully saturated rings. The lowest BCUT2D eigenvalue weighted by molar-refractivity contribution is -0.123. The zero-order chi connectivity index (χ0) is 24.6. The van der Waals surface area contributed by atoms with Gasteiger partial charge in [-0.05, 0) is 55.7 Å². The van der Waals surface area contributed by atoms with Crippen LogP contribution in [0.3, 0.4) is 0 Å². The number of anilines is 1. The lowest BCUT2D eigenvalue weighted by Gasteiger charge is -2.36. The number of thiazole rings is 1. The average molecular weight is 536 g/mol. The van der Waals surface area contributed by atoms with E-state index in [0.717, 1.165) is 35.9 Å². The number of piperidine rings is 1. The number of rotatable bonds is 7. The van der Waals surface area contributed by atoms with Crippen molar-refractivity contribution in [2.45, 2.75) is 55.4 Å². The molecule has 4 heterocycles. The smallest absolute Gasteiger partial charge is 0.253 e. The van der Waals surface area contributed by atoms with Crippen LogP contribution in [0.15, 0.2) is 33.9 Å². The second-order valence-electron chi connectivity index (χ2n) is 8.90. The summed E-state index contributed by atoms with van der Waals surface area (Å²) in [6, 6.07) is 6.41. The summed E-state index contributed by atoms with van der Waals surface area (Å²) in [5.41, 5.74) is 1.76. The number of nitrogens with zero attached hydrogens (tertiary/aromatic N) is 3. The molecule has 11 heteroatoms. The quantitative estimate of drug-likeness (QED) is 0.445. The molecule has 0 spiro atoms. The zero-order valence-corrected chi connectivity index (χ0v) is 22.3. The normalized spacial score (nSPS) is 21.4. The summed E-state index contributed by atoms with van der Waals surface area (Å²) in [6.07, 6.45) is 3.73. The van der Waals surface area contributed by atoms with Crippen LogP contribution in [0.2, 0.25) is 0 Å². The maximum absolute atomic E-state index is 14.1. The van der Waals surface area contributed by atoms with E-state index < -0.39 is 16.1 Å². The van der Waals surface area contributed by atoms with Crippen molar-refractivity contribution in [2.24, 2.45) is 0 Å². The third-order valence-corrected chi connectivity index (χ3v) is 11.1. The Balaban J connectivity index is 1.54. The van der Waals surface area contributed by atoms with Crippen molar-refractivity contribution in [3.8, 4) is 5.75 Å². The van der Waals surface area contributed by atoms with Crippen molar-refractivity contribution < 1.29 is 22.7 Å². The molecule has 0 aliphatic carbocycles. The summed E-state index contributed by atoms with van der Waals surface area (Å²) in [4.78, 5) is 20.6.